The van der Waals surface area contributed by atoms with Gasteiger partial charge < -0.3 is 15.3 Å². The van der Waals surface area contributed by atoms with Crippen LogP contribution in [0.15, 0.2) is 0 Å². The van der Waals surface area contributed by atoms with E-state index < -0.39 is 5.72 Å². The fourth-order valence-corrected chi connectivity index (χ4v) is 1.73. The van der Waals surface area contributed by atoms with Crippen molar-refractivity contribution in [3.8, 4) is 0 Å². The minimum atomic E-state index is -0.875. The molecule has 0 amide bonds. The molecule has 1 unspecified atom stereocenters. The molecular weight excluding hydrogens is 182 g/mol. The second-order valence-electron chi connectivity index (χ2n) is 3.52. The number of aliphatic hydroxyl groups is 3. The van der Waals surface area contributed by atoms with E-state index in [9.17, 15) is 5.11 Å². The van der Waals surface area contributed by atoms with Crippen LogP contribution in [0, 0.1) is 0 Å². The first kappa shape index (κ1) is 13.8. The van der Waals surface area contributed by atoms with Gasteiger partial charge in [-0.2, -0.15) is 0 Å². The maximum Gasteiger partial charge on any atom is 0.118 e. The summed E-state index contributed by atoms with van der Waals surface area (Å²) in [5.41, 5.74) is -0.875. The number of hydrogen-bond acceptors (Lipinski definition) is 4. The van der Waals surface area contributed by atoms with Gasteiger partial charge in [0.15, 0.2) is 0 Å². The number of hydrogen-bond donors (Lipinski definition) is 3. The number of aliphatic hydroxyl groups excluding tert-OH is 2. The fraction of sp³-hybridized carbons (Fsp3) is 1.00. The topological polar surface area (TPSA) is 63.9 Å². The quantitative estimate of drug-likeness (QED) is 0.494. The van der Waals surface area contributed by atoms with Gasteiger partial charge in [-0.1, -0.05) is 20.3 Å². The Bertz CT molecular complexity index is 137. The van der Waals surface area contributed by atoms with Crippen molar-refractivity contribution in [2.45, 2.75) is 38.8 Å². The summed E-state index contributed by atoms with van der Waals surface area (Å²) >= 11 is 0. The Balaban J connectivity index is 4.37. The minimum Gasteiger partial charge on any atom is -0.395 e. The monoisotopic (exact) mass is 205 g/mol. The van der Waals surface area contributed by atoms with Crippen molar-refractivity contribution in [2.24, 2.45) is 0 Å². The molecule has 0 spiro atoms. The highest BCUT2D eigenvalue weighted by Crippen LogP contribution is 2.21. The van der Waals surface area contributed by atoms with Gasteiger partial charge in [-0.15, -0.1) is 0 Å². The van der Waals surface area contributed by atoms with E-state index in [2.05, 4.69) is 0 Å². The van der Waals surface area contributed by atoms with Gasteiger partial charge in [0.25, 0.3) is 0 Å². The van der Waals surface area contributed by atoms with Gasteiger partial charge in [0.1, 0.15) is 5.72 Å². The van der Waals surface area contributed by atoms with Gasteiger partial charge in [-0.25, -0.2) is 0 Å². The minimum absolute atomic E-state index is 0.00598. The van der Waals surface area contributed by atoms with Crippen molar-refractivity contribution in [2.75, 3.05) is 26.3 Å². The Hall–Kier alpha value is -0.160. The third-order valence-electron chi connectivity index (χ3n) is 2.55. The lowest BCUT2D eigenvalue weighted by Crippen LogP contribution is -2.50. The van der Waals surface area contributed by atoms with E-state index >= 15 is 0 Å². The smallest absolute Gasteiger partial charge is 0.118 e. The second-order valence-corrected chi connectivity index (χ2v) is 3.52. The number of nitrogens with zero attached hydrogens (tertiary/aromatic N) is 1. The molecular formula is C10H23NO3. The van der Waals surface area contributed by atoms with Gasteiger partial charge in [0.2, 0.25) is 0 Å². The molecule has 0 radical (unpaired) electrons. The molecule has 0 aliphatic rings. The third kappa shape index (κ3) is 3.92. The van der Waals surface area contributed by atoms with Crippen LogP contribution in [0.2, 0.25) is 0 Å². The summed E-state index contributed by atoms with van der Waals surface area (Å²) in [6.45, 7) is 4.75. The molecule has 0 saturated heterocycles. The molecule has 3 N–H and O–H groups in total. The first-order valence-corrected chi connectivity index (χ1v) is 5.33. The maximum absolute atomic E-state index is 10.2. The number of rotatable bonds is 8. The summed E-state index contributed by atoms with van der Waals surface area (Å²) in [5.74, 6) is 0. The van der Waals surface area contributed by atoms with E-state index in [4.69, 9.17) is 10.2 Å². The molecule has 0 aromatic carbocycles. The van der Waals surface area contributed by atoms with Crippen molar-refractivity contribution < 1.29 is 15.3 Å². The molecule has 0 saturated carbocycles. The first-order valence-electron chi connectivity index (χ1n) is 5.33. The maximum atomic E-state index is 10.2. The lowest BCUT2D eigenvalue weighted by molar-refractivity contribution is -0.125. The molecule has 0 rings (SSSR count). The zero-order valence-corrected chi connectivity index (χ0v) is 9.24. The van der Waals surface area contributed by atoms with E-state index in [0.29, 0.717) is 25.9 Å². The van der Waals surface area contributed by atoms with Crippen molar-refractivity contribution in [3.05, 3.63) is 0 Å². The van der Waals surface area contributed by atoms with Gasteiger partial charge in [0, 0.05) is 13.1 Å². The molecule has 0 heterocycles. The molecule has 0 aliphatic heterocycles. The molecule has 14 heavy (non-hydrogen) atoms. The van der Waals surface area contributed by atoms with E-state index in [1.807, 2.05) is 13.8 Å². The van der Waals surface area contributed by atoms with Crippen molar-refractivity contribution in [3.63, 3.8) is 0 Å². The fourth-order valence-electron chi connectivity index (χ4n) is 1.73. The van der Waals surface area contributed by atoms with Crippen LogP contribution in [0.25, 0.3) is 0 Å². The highest BCUT2D eigenvalue weighted by atomic mass is 16.3. The Morgan fingerprint density at radius 3 is 1.86 bits per heavy atom. The zero-order chi connectivity index (χ0) is 11.0. The third-order valence-corrected chi connectivity index (χ3v) is 2.55. The predicted octanol–water partition coefficient (Wildman–Crippen LogP) is 0.172. The highest BCUT2D eigenvalue weighted by Gasteiger charge is 2.30. The Morgan fingerprint density at radius 1 is 1.07 bits per heavy atom. The van der Waals surface area contributed by atoms with Gasteiger partial charge in [-0.05, 0) is 12.8 Å². The van der Waals surface area contributed by atoms with E-state index in [0.717, 1.165) is 6.42 Å². The van der Waals surface area contributed by atoms with Gasteiger partial charge in [-0.3, -0.25) is 4.90 Å². The summed E-state index contributed by atoms with van der Waals surface area (Å²) in [6, 6.07) is 0. The van der Waals surface area contributed by atoms with Crippen LogP contribution in [0.5, 0.6) is 0 Å². The first-order chi connectivity index (χ1) is 6.64. The van der Waals surface area contributed by atoms with Crippen molar-refractivity contribution in [1.82, 2.24) is 4.90 Å². The van der Waals surface area contributed by atoms with Crippen molar-refractivity contribution in [1.29, 1.82) is 0 Å². The zero-order valence-electron chi connectivity index (χ0n) is 9.24. The Labute approximate surface area is 86.2 Å². The van der Waals surface area contributed by atoms with E-state index in [-0.39, 0.29) is 13.2 Å². The summed E-state index contributed by atoms with van der Waals surface area (Å²) in [6.07, 6.45) is 2.17. The SMILES string of the molecule is CCCC(O)(CC)N(CCO)CCO. The summed E-state index contributed by atoms with van der Waals surface area (Å²) in [4.78, 5) is 1.75. The van der Waals surface area contributed by atoms with E-state index in [1.54, 1.807) is 4.90 Å². The molecule has 0 bridgehead atoms. The molecule has 0 aromatic heterocycles. The molecule has 0 aromatic rings. The van der Waals surface area contributed by atoms with Crippen LogP contribution in [-0.2, 0) is 0 Å². The van der Waals surface area contributed by atoms with E-state index in [1.165, 1.54) is 0 Å². The van der Waals surface area contributed by atoms with Crippen LogP contribution < -0.4 is 0 Å². The van der Waals surface area contributed by atoms with Crippen LogP contribution in [0.1, 0.15) is 33.1 Å². The normalized spacial score (nSPS) is 15.9. The summed E-state index contributed by atoms with van der Waals surface area (Å²) in [5, 5.41) is 28.0. The summed E-state index contributed by atoms with van der Waals surface area (Å²) in [7, 11) is 0. The van der Waals surface area contributed by atoms with Crippen LogP contribution >= 0.6 is 0 Å². The molecule has 0 aliphatic carbocycles. The highest BCUT2D eigenvalue weighted by molar-refractivity contribution is 4.77. The van der Waals surface area contributed by atoms with Crippen LogP contribution in [-0.4, -0.2) is 52.2 Å². The lowest BCUT2D eigenvalue weighted by atomic mass is 10.0. The standard InChI is InChI=1S/C10H23NO3/c1-3-5-10(14,4-2)11(6-8-12)7-9-13/h12-14H,3-9H2,1-2H3. The molecule has 86 valence electrons. The van der Waals surface area contributed by atoms with Gasteiger partial charge >= 0.3 is 0 Å². The predicted molar refractivity (Wildman–Crippen MR) is 55.9 cm³/mol. The Kier molecular flexibility index (Phi) is 7.09. The largest absolute Gasteiger partial charge is 0.395 e. The molecule has 1 atom stereocenters. The van der Waals surface area contributed by atoms with Crippen LogP contribution in [0.4, 0.5) is 0 Å². The average molecular weight is 205 g/mol. The average Bonchev–Trinajstić information content (AvgIpc) is 2.18. The second kappa shape index (κ2) is 7.17. The lowest BCUT2D eigenvalue weighted by Gasteiger charge is -2.38. The summed E-state index contributed by atoms with van der Waals surface area (Å²) < 4.78 is 0. The Morgan fingerprint density at radius 2 is 1.57 bits per heavy atom. The van der Waals surface area contributed by atoms with Crippen LogP contribution in [0.3, 0.4) is 0 Å². The molecule has 4 heteroatoms. The molecule has 0 fully saturated rings. The van der Waals surface area contributed by atoms with Crippen molar-refractivity contribution >= 4 is 0 Å². The molecule has 4 nitrogen and oxygen atoms in total. The van der Waals surface area contributed by atoms with Gasteiger partial charge in [0.05, 0.1) is 13.2 Å².